The molecule has 1 aromatic heterocycles. The first-order valence-corrected chi connectivity index (χ1v) is 12.5. The summed E-state index contributed by atoms with van der Waals surface area (Å²) in [5, 5.41) is 22.3. The second-order valence-corrected chi connectivity index (χ2v) is 10.4. The fraction of sp³-hybridized carbons (Fsp3) is 0.464. The molecule has 2 aromatic carbocycles. The molecule has 2 fully saturated rings. The number of benzene rings is 2. The number of hydrogen-bond donors (Lipinski definition) is 2. The molecule has 2 aliphatic carbocycles. The van der Waals surface area contributed by atoms with E-state index in [4.69, 9.17) is 9.15 Å². The smallest absolute Gasteiger partial charge is 0.320 e. The van der Waals surface area contributed by atoms with Crippen LogP contribution in [-0.2, 0) is 14.9 Å². The quantitative estimate of drug-likeness (QED) is 0.412. The lowest BCUT2D eigenvalue weighted by atomic mass is 9.65. The van der Waals surface area contributed by atoms with Gasteiger partial charge < -0.3 is 19.6 Å². The van der Waals surface area contributed by atoms with Gasteiger partial charge in [0.05, 0.1) is 19.1 Å². The predicted octanol–water partition coefficient (Wildman–Crippen LogP) is 5.87. The number of aliphatic hydroxyl groups is 1. The van der Waals surface area contributed by atoms with Gasteiger partial charge in [0.25, 0.3) is 0 Å². The monoisotopic (exact) mass is 475 g/mol. The van der Waals surface area contributed by atoms with Crippen molar-refractivity contribution in [2.45, 2.75) is 75.2 Å². The lowest BCUT2D eigenvalue weighted by molar-refractivity contribution is -0.148. The van der Waals surface area contributed by atoms with Crippen LogP contribution in [-0.4, -0.2) is 34.0 Å². The summed E-state index contributed by atoms with van der Waals surface area (Å²) < 4.78 is 10.5. The number of aromatic nitrogens is 2. The zero-order chi connectivity index (χ0) is 24.5. The number of nitrogens with one attached hydrogen (secondary N) is 1. The first-order chi connectivity index (χ1) is 16.9. The van der Waals surface area contributed by atoms with Crippen LogP contribution in [0.15, 0.2) is 52.9 Å². The molecule has 7 nitrogen and oxygen atoms in total. The molecule has 5 rings (SSSR count). The van der Waals surface area contributed by atoms with Crippen molar-refractivity contribution in [3.8, 4) is 11.1 Å². The van der Waals surface area contributed by atoms with Crippen molar-refractivity contribution in [1.29, 1.82) is 0 Å². The number of carbonyl (C=O) groups is 1. The number of esters is 1. The average molecular weight is 476 g/mol. The van der Waals surface area contributed by atoms with Crippen LogP contribution in [0.3, 0.4) is 0 Å². The molecule has 184 valence electrons. The Kier molecular flexibility index (Phi) is 6.36. The highest BCUT2D eigenvalue weighted by atomic mass is 16.5. The Morgan fingerprint density at radius 1 is 1.03 bits per heavy atom. The van der Waals surface area contributed by atoms with Crippen LogP contribution in [0.4, 0.5) is 11.7 Å². The Balaban J connectivity index is 1.21. The molecule has 0 atom stereocenters. The number of ether oxygens (including phenoxy) is 1. The minimum atomic E-state index is -0.956. The highest BCUT2D eigenvalue weighted by Crippen LogP contribution is 2.44. The summed E-state index contributed by atoms with van der Waals surface area (Å²) in [6, 6.07) is 17.3. The van der Waals surface area contributed by atoms with E-state index in [1.807, 2.05) is 12.1 Å². The van der Waals surface area contributed by atoms with E-state index in [0.29, 0.717) is 24.8 Å². The maximum absolute atomic E-state index is 11.6. The third-order valence-electron chi connectivity index (χ3n) is 7.93. The van der Waals surface area contributed by atoms with Gasteiger partial charge in [-0.3, -0.25) is 4.79 Å². The van der Waals surface area contributed by atoms with Gasteiger partial charge in [0.15, 0.2) is 0 Å². The summed E-state index contributed by atoms with van der Waals surface area (Å²) in [6.45, 7) is 2.24. The molecule has 0 bridgehead atoms. The van der Waals surface area contributed by atoms with E-state index in [1.54, 1.807) is 0 Å². The minimum absolute atomic E-state index is 0.0168. The number of carbonyl (C=O) groups excluding carboxylic acids is 1. The van der Waals surface area contributed by atoms with Crippen LogP contribution in [0.1, 0.15) is 75.7 Å². The van der Waals surface area contributed by atoms with Gasteiger partial charge in [-0.25, -0.2) is 0 Å². The summed E-state index contributed by atoms with van der Waals surface area (Å²) >= 11 is 0. The number of methoxy groups -OCH3 is 1. The van der Waals surface area contributed by atoms with Crippen molar-refractivity contribution in [2.24, 2.45) is 0 Å². The fourth-order valence-corrected chi connectivity index (χ4v) is 5.11. The summed E-state index contributed by atoms with van der Waals surface area (Å²) in [6.07, 6.45) is 6.41. The molecule has 1 heterocycles. The number of rotatable bonds is 7. The maximum atomic E-state index is 11.6. The normalized spacial score (nSPS) is 24.5. The lowest BCUT2D eigenvalue weighted by Gasteiger charge is -2.42. The molecule has 7 heteroatoms. The molecule has 0 unspecified atom stereocenters. The van der Waals surface area contributed by atoms with Gasteiger partial charge in [-0.15, -0.1) is 5.10 Å². The number of nitrogens with zero attached hydrogens (tertiary/aromatic N) is 2. The third-order valence-corrected chi connectivity index (χ3v) is 7.93. The highest BCUT2D eigenvalue weighted by molar-refractivity contribution is 5.70. The number of anilines is 2. The molecule has 35 heavy (non-hydrogen) atoms. The first-order valence-electron chi connectivity index (χ1n) is 12.5. The van der Waals surface area contributed by atoms with Crippen molar-refractivity contribution >= 4 is 17.7 Å². The molecular formula is C28H33N3O4. The Morgan fingerprint density at radius 2 is 1.66 bits per heavy atom. The predicted molar refractivity (Wildman–Crippen MR) is 133 cm³/mol. The van der Waals surface area contributed by atoms with Crippen molar-refractivity contribution in [2.75, 3.05) is 12.4 Å². The Hall–Kier alpha value is -3.19. The molecule has 2 saturated carbocycles. The van der Waals surface area contributed by atoms with Crippen LogP contribution in [0.2, 0.25) is 0 Å². The fourth-order valence-electron chi connectivity index (χ4n) is 5.11. The van der Waals surface area contributed by atoms with E-state index < -0.39 is 5.60 Å². The molecule has 3 aromatic rings. The summed E-state index contributed by atoms with van der Waals surface area (Å²) in [5.41, 5.74) is 3.47. The van der Waals surface area contributed by atoms with Crippen LogP contribution in [0, 0.1) is 0 Å². The molecule has 0 amide bonds. The second kappa shape index (κ2) is 9.46. The van der Waals surface area contributed by atoms with Crippen LogP contribution in [0.25, 0.3) is 11.1 Å². The minimum Gasteiger partial charge on any atom is -0.469 e. The summed E-state index contributed by atoms with van der Waals surface area (Å²) in [5.74, 6) is 0.803. The molecule has 0 aliphatic heterocycles. The lowest BCUT2D eigenvalue weighted by Crippen LogP contribution is -2.41. The standard InChI is InChI=1S/C28H33N3O4/c1-27(14-16-28(33,17-15-27)18-24(32)34-2)22-10-6-19(7-11-22)20-8-12-23(13-9-20)29-26-31-30-25(35-26)21-4-3-5-21/h6-13,21,33H,3-5,14-18H2,1-2H3,(H,29,31). The molecular weight excluding hydrogens is 442 g/mol. The van der Waals surface area contributed by atoms with Crippen LogP contribution in [0.5, 0.6) is 0 Å². The van der Waals surface area contributed by atoms with Crippen LogP contribution >= 0.6 is 0 Å². The molecule has 0 radical (unpaired) electrons. The Bertz CT molecular complexity index is 1160. The van der Waals surface area contributed by atoms with Gasteiger partial charge in [0.1, 0.15) is 0 Å². The largest absolute Gasteiger partial charge is 0.469 e. The van der Waals surface area contributed by atoms with E-state index in [1.165, 1.54) is 19.1 Å². The zero-order valence-corrected chi connectivity index (χ0v) is 20.4. The molecule has 2 N–H and O–H groups in total. The Morgan fingerprint density at radius 3 is 2.23 bits per heavy atom. The van der Waals surface area contributed by atoms with Gasteiger partial charge in [0.2, 0.25) is 5.89 Å². The second-order valence-electron chi connectivity index (χ2n) is 10.4. The van der Waals surface area contributed by atoms with Crippen molar-refractivity contribution in [1.82, 2.24) is 10.2 Å². The molecule has 0 saturated heterocycles. The van der Waals surface area contributed by atoms with Crippen molar-refractivity contribution < 1.29 is 19.1 Å². The van der Waals surface area contributed by atoms with E-state index in [9.17, 15) is 9.90 Å². The van der Waals surface area contributed by atoms with Gasteiger partial charge in [-0.1, -0.05) is 54.8 Å². The first kappa shape index (κ1) is 23.5. The van der Waals surface area contributed by atoms with Gasteiger partial charge in [-0.05, 0) is 72.8 Å². The van der Waals surface area contributed by atoms with Crippen molar-refractivity contribution in [3.63, 3.8) is 0 Å². The third kappa shape index (κ3) is 5.10. The van der Waals surface area contributed by atoms with Gasteiger partial charge in [0, 0.05) is 11.6 Å². The van der Waals surface area contributed by atoms with E-state index in [-0.39, 0.29) is 17.8 Å². The molecule has 2 aliphatic rings. The molecule has 0 spiro atoms. The van der Waals surface area contributed by atoms with E-state index >= 15 is 0 Å². The van der Waals surface area contributed by atoms with E-state index in [2.05, 4.69) is 58.8 Å². The van der Waals surface area contributed by atoms with E-state index in [0.717, 1.165) is 48.4 Å². The van der Waals surface area contributed by atoms with Gasteiger partial charge >= 0.3 is 12.0 Å². The van der Waals surface area contributed by atoms with Crippen molar-refractivity contribution in [3.05, 3.63) is 60.0 Å². The summed E-state index contributed by atoms with van der Waals surface area (Å²) in [4.78, 5) is 11.6. The summed E-state index contributed by atoms with van der Waals surface area (Å²) in [7, 11) is 1.36. The highest BCUT2D eigenvalue weighted by Gasteiger charge is 2.41. The zero-order valence-electron chi connectivity index (χ0n) is 20.4. The Labute approximate surface area is 205 Å². The number of hydrogen-bond acceptors (Lipinski definition) is 7. The maximum Gasteiger partial charge on any atom is 0.320 e. The topological polar surface area (TPSA) is 97.5 Å². The SMILES string of the molecule is COC(=O)CC1(O)CCC(C)(c2ccc(-c3ccc(Nc4nnc(C5CCC5)o4)cc3)cc2)CC1. The average Bonchev–Trinajstić information content (AvgIpc) is 3.28. The van der Waals surface area contributed by atoms with Gasteiger partial charge in [-0.2, -0.15) is 0 Å². The van der Waals surface area contributed by atoms with Crippen LogP contribution < -0.4 is 5.32 Å².